The summed E-state index contributed by atoms with van der Waals surface area (Å²) >= 11 is 0. The minimum absolute atomic E-state index is 0.173. The second-order valence-corrected chi connectivity index (χ2v) is 4.73. The quantitative estimate of drug-likeness (QED) is 0.596. The van der Waals surface area contributed by atoms with Crippen molar-refractivity contribution in [2.45, 2.75) is 46.2 Å². The zero-order valence-electron chi connectivity index (χ0n) is 9.30. The molecule has 0 heterocycles. The smallest absolute Gasteiger partial charge is 0.0446 e. The Balaban J connectivity index is 4.10. The van der Waals surface area contributed by atoms with Crippen molar-refractivity contribution in [3.8, 4) is 0 Å². The van der Waals surface area contributed by atoms with Crippen LogP contribution < -0.4 is 11.1 Å². The average Bonchev–Trinajstić information content (AvgIpc) is 2.01. The Hall–Kier alpha value is -0.120. The van der Waals surface area contributed by atoms with Crippen LogP contribution in [0.25, 0.3) is 0 Å². The van der Waals surface area contributed by atoms with Gasteiger partial charge in [0.25, 0.3) is 0 Å². The summed E-state index contributed by atoms with van der Waals surface area (Å²) in [6, 6.07) is 0.645. The second-order valence-electron chi connectivity index (χ2n) is 4.73. The molecule has 0 rings (SSSR count). The molecule has 2 atom stereocenters. The molecule has 0 fully saturated rings. The summed E-state index contributed by atoms with van der Waals surface area (Å²) in [5, 5.41) is 12.3. The van der Waals surface area contributed by atoms with Gasteiger partial charge in [0.1, 0.15) is 0 Å². The zero-order valence-corrected chi connectivity index (χ0v) is 9.30. The van der Waals surface area contributed by atoms with Gasteiger partial charge in [-0.2, -0.15) is 0 Å². The molecule has 0 aromatic rings. The summed E-state index contributed by atoms with van der Waals surface area (Å²) in [7, 11) is 0. The predicted molar refractivity (Wildman–Crippen MR) is 56.6 cm³/mol. The molecule has 0 aliphatic heterocycles. The average molecular weight is 188 g/mol. The van der Waals surface area contributed by atoms with Gasteiger partial charge in [0.15, 0.2) is 0 Å². The Morgan fingerprint density at radius 2 is 1.92 bits per heavy atom. The number of nitrogens with two attached hydrogens (primary N) is 1. The first kappa shape index (κ1) is 12.9. The van der Waals surface area contributed by atoms with E-state index >= 15 is 0 Å². The van der Waals surface area contributed by atoms with Gasteiger partial charge in [0.05, 0.1) is 0 Å². The van der Waals surface area contributed by atoms with Gasteiger partial charge in [0, 0.05) is 25.2 Å². The molecule has 0 aliphatic rings. The molecular weight excluding hydrogens is 164 g/mol. The van der Waals surface area contributed by atoms with Crippen molar-refractivity contribution in [1.82, 2.24) is 5.32 Å². The van der Waals surface area contributed by atoms with Gasteiger partial charge in [-0.25, -0.2) is 0 Å². The third-order valence-electron chi connectivity index (χ3n) is 2.30. The first-order valence-electron chi connectivity index (χ1n) is 4.98. The zero-order chi connectivity index (χ0) is 10.5. The van der Waals surface area contributed by atoms with E-state index in [9.17, 15) is 0 Å². The first-order chi connectivity index (χ1) is 5.91. The maximum atomic E-state index is 8.91. The minimum Gasteiger partial charge on any atom is -0.396 e. The molecule has 13 heavy (non-hydrogen) atoms. The van der Waals surface area contributed by atoms with Crippen LogP contribution in [0.3, 0.4) is 0 Å². The van der Waals surface area contributed by atoms with Crippen molar-refractivity contribution >= 4 is 0 Å². The van der Waals surface area contributed by atoms with Gasteiger partial charge in [-0.05, 0) is 18.8 Å². The van der Waals surface area contributed by atoms with Gasteiger partial charge in [-0.1, -0.05) is 20.8 Å². The predicted octanol–water partition coefficient (Wildman–Crippen LogP) is 0.720. The lowest BCUT2D eigenvalue weighted by atomic mass is 9.84. The van der Waals surface area contributed by atoms with Crippen LogP contribution in [-0.4, -0.2) is 30.3 Å². The monoisotopic (exact) mass is 188 g/mol. The van der Waals surface area contributed by atoms with Crippen molar-refractivity contribution in [3.05, 3.63) is 0 Å². The summed E-state index contributed by atoms with van der Waals surface area (Å²) in [4.78, 5) is 0. The fourth-order valence-corrected chi connectivity index (χ4v) is 1.31. The van der Waals surface area contributed by atoms with Gasteiger partial charge in [-0.3, -0.25) is 0 Å². The van der Waals surface area contributed by atoms with E-state index in [1.165, 1.54) is 0 Å². The lowest BCUT2D eigenvalue weighted by Crippen LogP contribution is -2.47. The summed E-state index contributed by atoms with van der Waals surface area (Å²) in [5.74, 6) is 0. The lowest BCUT2D eigenvalue weighted by Gasteiger charge is -2.33. The molecule has 0 aromatic heterocycles. The van der Waals surface area contributed by atoms with Crippen molar-refractivity contribution in [2.75, 3.05) is 13.2 Å². The maximum absolute atomic E-state index is 8.91. The van der Waals surface area contributed by atoms with Crippen LogP contribution in [0.4, 0.5) is 0 Å². The van der Waals surface area contributed by atoms with Crippen molar-refractivity contribution in [2.24, 2.45) is 11.1 Å². The summed E-state index contributed by atoms with van der Waals surface area (Å²) in [6.45, 7) is 9.44. The molecule has 3 nitrogen and oxygen atoms in total. The molecule has 3 heteroatoms. The number of rotatable bonds is 5. The molecule has 80 valence electrons. The molecule has 0 aliphatic carbocycles. The normalized spacial score (nSPS) is 17.1. The lowest BCUT2D eigenvalue weighted by molar-refractivity contribution is 0.188. The molecule has 4 N–H and O–H groups in total. The summed E-state index contributed by atoms with van der Waals surface area (Å²) in [6.07, 6.45) is 0.786. The van der Waals surface area contributed by atoms with Crippen LogP contribution in [0.2, 0.25) is 0 Å². The highest BCUT2D eigenvalue weighted by atomic mass is 16.3. The highest BCUT2D eigenvalue weighted by Crippen LogP contribution is 2.21. The van der Waals surface area contributed by atoms with E-state index in [-0.39, 0.29) is 12.0 Å². The SMILES string of the molecule is CC(CN)NC(CCO)C(C)(C)C. The van der Waals surface area contributed by atoms with Crippen molar-refractivity contribution < 1.29 is 5.11 Å². The Labute approximate surface area is 81.7 Å². The van der Waals surface area contributed by atoms with Crippen molar-refractivity contribution in [1.29, 1.82) is 0 Å². The van der Waals surface area contributed by atoms with E-state index in [4.69, 9.17) is 10.8 Å². The Morgan fingerprint density at radius 1 is 1.38 bits per heavy atom. The van der Waals surface area contributed by atoms with E-state index in [1.54, 1.807) is 0 Å². The highest BCUT2D eigenvalue weighted by molar-refractivity contribution is 4.82. The standard InChI is InChI=1S/C10H24N2O/c1-8(7-11)12-9(5-6-13)10(2,3)4/h8-9,12-13H,5-7,11H2,1-4H3. The molecular formula is C10H24N2O. The molecule has 0 saturated heterocycles. The van der Waals surface area contributed by atoms with E-state index in [2.05, 4.69) is 33.0 Å². The Bertz CT molecular complexity index is 131. The first-order valence-corrected chi connectivity index (χ1v) is 4.98. The molecule has 0 amide bonds. The fraction of sp³-hybridized carbons (Fsp3) is 1.00. The van der Waals surface area contributed by atoms with Gasteiger partial charge in [0.2, 0.25) is 0 Å². The number of hydrogen-bond donors (Lipinski definition) is 3. The molecule has 0 radical (unpaired) electrons. The van der Waals surface area contributed by atoms with Gasteiger partial charge >= 0.3 is 0 Å². The Kier molecular flexibility index (Phi) is 5.53. The van der Waals surface area contributed by atoms with E-state index in [0.29, 0.717) is 18.6 Å². The van der Waals surface area contributed by atoms with Crippen LogP contribution in [0, 0.1) is 5.41 Å². The summed E-state index contributed by atoms with van der Waals surface area (Å²) < 4.78 is 0. The molecule has 0 saturated carbocycles. The van der Waals surface area contributed by atoms with E-state index < -0.39 is 0 Å². The Morgan fingerprint density at radius 3 is 2.23 bits per heavy atom. The number of nitrogens with one attached hydrogen (secondary N) is 1. The maximum Gasteiger partial charge on any atom is 0.0446 e. The van der Waals surface area contributed by atoms with Crippen LogP contribution in [0.1, 0.15) is 34.1 Å². The van der Waals surface area contributed by atoms with Gasteiger partial charge in [-0.15, -0.1) is 0 Å². The van der Waals surface area contributed by atoms with Crippen LogP contribution in [0.15, 0.2) is 0 Å². The molecule has 0 spiro atoms. The molecule has 0 bridgehead atoms. The van der Waals surface area contributed by atoms with E-state index in [1.807, 2.05) is 0 Å². The topological polar surface area (TPSA) is 58.3 Å². The third kappa shape index (κ3) is 5.24. The number of aliphatic hydroxyl groups is 1. The van der Waals surface area contributed by atoms with Crippen LogP contribution >= 0.6 is 0 Å². The third-order valence-corrected chi connectivity index (χ3v) is 2.30. The van der Waals surface area contributed by atoms with Crippen molar-refractivity contribution in [3.63, 3.8) is 0 Å². The minimum atomic E-state index is 0.173. The highest BCUT2D eigenvalue weighted by Gasteiger charge is 2.24. The van der Waals surface area contributed by atoms with E-state index in [0.717, 1.165) is 6.42 Å². The van der Waals surface area contributed by atoms with Crippen LogP contribution in [0.5, 0.6) is 0 Å². The molecule has 0 aromatic carbocycles. The summed E-state index contributed by atoms with van der Waals surface area (Å²) in [5.41, 5.74) is 5.71. The molecule has 2 unspecified atom stereocenters. The van der Waals surface area contributed by atoms with Crippen LogP contribution in [-0.2, 0) is 0 Å². The van der Waals surface area contributed by atoms with Gasteiger partial charge < -0.3 is 16.2 Å². The number of aliphatic hydroxyl groups excluding tert-OH is 1. The number of hydrogen-bond acceptors (Lipinski definition) is 3. The second kappa shape index (κ2) is 5.58. The fourth-order valence-electron chi connectivity index (χ4n) is 1.31. The largest absolute Gasteiger partial charge is 0.396 e.